The highest BCUT2D eigenvalue weighted by molar-refractivity contribution is 5.98. The van der Waals surface area contributed by atoms with E-state index in [0.717, 1.165) is 18.4 Å². The Bertz CT molecular complexity index is 998. The number of piperidine rings is 1. The van der Waals surface area contributed by atoms with Crippen LogP contribution in [0.1, 0.15) is 41.6 Å². The first kappa shape index (κ1) is 19.8. The number of carbonyl (C=O) groups excluding carboxylic acids is 2. The highest BCUT2D eigenvalue weighted by Crippen LogP contribution is 2.43. The number of fused-ring (bicyclic) bond motifs is 3. The fraction of sp³-hybridized carbons (Fsp3) is 0.391. The van der Waals surface area contributed by atoms with Crippen LogP contribution < -0.4 is 9.47 Å². The molecule has 1 amide bonds. The molecule has 2 saturated heterocycles. The lowest BCUT2D eigenvalue weighted by atomic mass is 9.85. The molecular weight excluding hydrogens is 408 g/mol. The Hall–Kier alpha value is -3.16. The second-order valence-corrected chi connectivity index (χ2v) is 8.19. The van der Waals surface area contributed by atoms with Crippen LogP contribution in [0.2, 0.25) is 0 Å². The Kier molecular flexibility index (Phi) is 4.79. The number of hydrogen-bond donors (Lipinski definition) is 0. The number of carbonyl (C=O) groups is 2. The highest BCUT2D eigenvalue weighted by atomic mass is 19.3. The largest absolute Gasteiger partial charge is 0.586 e. The zero-order chi connectivity index (χ0) is 21.6. The van der Waals surface area contributed by atoms with E-state index >= 15 is 0 Å². The maximum atomic E-state index is 13.2. The molecule has 2 aromatic rings. The third kappa shape index (κ3) is 3.82. The molecule has 2 atom stereocenters. The molecule has 0 spiro atoms. The molecule has 5 rings (SSSR count). The molecule has 0 aliphatic carbocycles. The van der Waals surface area contributed by atoms with Crippen LogP contribution in [0.25, 0.3) is 0 Å². The van der Waals surface area contributed by atoms with Crippen LogP contribution >= 0.6 is 0 Å². The fourth-order valence-corrected chi connectivity index (χ4v) is 4.82. The lowest BCUT2D eigenvalue weighted by molar-refractivity contribution is -0.286. The molecule has 2 aromatic carbocycles. The lowest BCUT2D eigenvalue weighted by Crippen LogP contribution is -2.48. The van der Waals surface area contributed by atoms with E-state index in [4.69, 9.17) is 4.74 Å². The predicted octanol–water partition coefficient (Wildman–Crippen LogP) is 4.77. The van der Waals surface area contributed by atoms with Gasteiger partial charge in [0.25, 0.3) is 0 Å². The van der Waals surface area contributed by atoms with E-state index < -0.39 is 6.29 Å². The standard InChI is InChI=1S/C23H21F2NO5/c24-23(25)30-19-9-6-15(12-20(19)31-23)21(27)16-10-17-7-8-18(11-16)26(17)22(28)29-13-14-4-2-1-3-5-14/h1-6,9,12,16-18H,7-8,10-11,13H2. The van der Waals surface area contributed by atoms with Crippen LogP contribution in [0.5, 0.6) is 11.5 Å². The Labute approximate surface area is 177 Å². The first-order chi connectivity index (χ1) is 14.9. The molecule has 2 fully saturated rings. The summed E-state index contributed by atoms with van der Waals surface area (Å²) in [5.41, 5.74) is 1.23. The minimum Gasteiger partial charge on any atom is -0.445 e. The van der Waals surface area contributed by atoms with Crippen molar-refractivity contribution in [1.29, 1.82) is 0 Å². The monoisotopic (exact) mass is 429 g/mol. The summed E-state index contributed by atoms with van der Waals surface area (Å²) in [6.45, 7) is 0.208. The van der Waals surface area contributed by atoms with E-state index in [1.807, 2.05) is 30.3 Å². The first-order valence-electron chi connectivity index (χ1n) is 10.3. The molecule has 31 heavy (non-hydrogen) atoms. The molecule has 2 bridgehead atoms. The van der Waals surface area contributed by atoms with Gasteiger partial charge in [0.05, 0.1) is 0 Å². The smallest absolute Gasteiger partial charge is 0.445 e. The van der Waals surface area contributed by atoms with Gasteiger partial charge in [-0.15, -0.1) is 8.78 Å². The third-order valence-electron chi connectivity index (χ3n) is 6.21. The molecule has 0 radical (unpaired) electrons. The molecule has 0 N–H and O–H groups in total. The predicted molar refractivity (Wildman–Crippen MR) is 105 cm³/mol. The quantitative estimate of drug-likeness (QED) is 0.655. The van der Waals surface area contributed by atoms with E-state index in [9.17, 15) is 18.4 Å². The summed E-state index contributed by atoms with van der Waals surface area (Å²) in [5.74, 6) is -0.634. The van der Waals surface area contributed by atoms with Crippen molar-refractivity contribution >= 4 is 11.9 Å². The van der Waals surface area contributed by atoms with Gasteiger partial charge in [-0.05, 0) is 49.4 Å². The van der Waals surface area contributed by atoms with Crippen molar-refractivity contribution in [1.82, 2.24) is 4.90 Å². The van der Waals surface area contributed by atoms with Gasteiger partial charge in [0.1, 0.15) is 6.61 Å². The Balaban J connectivity index is 1.24. The normalized spacial score (nSPS) is 25.4. The highest BCUT2D eigenvalue weighted by Gasteiger charge is 2.47. The van der Waals surface area contributed by atoms with Gasteiger partial charge >= 0.3 is 12.4 Å². The van der Waals surface area contributed by atoms with Crippen LogP contribution in [-0.4, -0.2) is 35.2 Å². The summed E-state index contributed by atoms with van der Waals surface area (Å²) >= 11 is 0. The number of ketones is 1. The average molecular weight is 429 g/mol. The van der Waals surface area contributed by atoms with Crippen molar-refractivity contribution in [3.8, 4) is 11.5 Å². The Morgan fingerprint density at radius 3 is 2.39 bits per heavy atom. The molecule has 8 heteroatoms. The number of hydrogen-bond acceptors (Lipinski definition) is 5. The SMILES string of the molecule is O=C(c1ccc2c(c1)OC(F)(F)O2)C1CC2CCC(C1)N2C(=O)OCc1ccccc1. The number of amides is 1. The topological polar surface area (TPSA) is 65.1 Å². The van der Waals surface area contributed by atoms with Crippen molar-refractivity contribution in [3.63, 3.8) is 0 Å². The maximum Gasteiger partial charge on any atom is 0.586 e. The lowest BCUT2D eigenvalue weighted by Gasteiger charge is -2.37. The van der Waals surface area contributed by atoms with Crippen molar-refractivity contribution in [3.05, 3.63) is 59.7 Å². The summed E-state index contributed by atoms with van der Waals surface area (Å²) in [4.78, 5) is 27.5. The van der Waals surface area contributed by atoms with Crippen molar-refractivity contribution in [2.75, 3.05) is 0 Å². The fourth-order valence-electron chi connectivity index (χ4n) is 4.82. The summed E-state index contributed by atoms with van der Waals surface area (Å²) < 4.78 is 40.8. The maximum absolute atomic E-state index is 13.2. The minimum absolute atomic E-state index is 0.0608. The van der Waals surface area contributed by atoms with Gasteiger partial charge in [-0.25, -0.2) is 4.79 Å². The zero-order valence-corrected chi connectivity index (χ0v) is 16.6. The van der Waals surface area contributed by atoms with E-state index in [-0.39, 0.29) is 48.0 Å². The summed E-state index contributed by atoms with van der Waals surface area (Å²) in [7, 11) is 0. The molecule has 6 nitrogen and oxygen atoms in total. The number of nitrogens with zero attached hydrogens (tertiary/aromatic N) is 1. The summed E-state index contributed by atoms with van der Waals surface area (Å²) in [6, 6.07) is 13.5. The molecule has 0 aromatic heterocycles. The van der Waals surface area contributed by atoms with E-state index in [2.05, 4.69) is 9.47 Å². The molecular formula is C23H21F2NO5. The third-order valence-corrected chi connectivity index (χ3v) is 6.21. The van der Waals surface area contributed by atoms with Crippen LogP contribution in [0.3, 0.4) is 0 Å². The minimum atomic E-state index is -3.71. The van der Waals surface area contributed by atoms with Gasteiger partial charge in [0.15, 0.2) is 17.3 Å². The average Bonchev–Trinajstić information content (AvgIpc) is 3.22. The van der Waals surface area contributed by atoms with Crippen LogP contribution in [-0.2, 0) is 11.3 Å². The first-order valence-corrected chi connectivity index (χ1v) is 10.3. The molecule has 0 saturated carbocycles. The van der Waals surface area contributed by atoms with Crippen LogP contribution in [0.4, 0.5) is 13.6 Å². The Morgan fingerprint density at radius 2 is 1.68 bits per heavy atom. The van der Waals surface area contributed by atoms with Gasteiger partial charge in [-0.2, -0.15) is 0 Å². The molecule has 3 aliphatic heterocycles. The molecule has 3 aliphatic rings. The van der Waals surface area contributed by atoms with Crippen LogP contribution in [0.15, 0.2) is 48.5 Å². The number of halogens is 2. The molecule has 2 unspecified atom stereocenters. The number of alkyl halides is 2. The molecule has 162 valence electrons. The van der Waals surface area contributed by atoms with Gasteiger partial charge in [0.2, 0.25) is 0 Å². The van der Waals surface area contributed by atoms with Crippen molar-refractivity contribution in [2.24, 2.45) is 5.92 Å². The second-order valence-electron chi connectivity index (χ2n) is 8.19. The molecule has 3 heterocycles. The number of Topliss-reactive ketones (excluding diaryl/α,β-unsaturated/α-hetero) is 1. The zero-order valence-electron chi connectivity index (χ0n) is 16.6. The summed E-state index contributed by atoms with van der Waals surface area (Å²) in [6.07, 6.45) is -1.37. The van der Waals surface area contributed by atoms with Crippen molar-refractivity contribution in [2.45, 2.75) is 50.7 Å². The van der Waals surface area contributed by atoms with Gasteiger partial charge < -0.3 is 19.1 Å². The van der Waals surface area contributed by atoms with Crippen molar-refractivity contribution < 1.29 is 32.6 Å². The van der Waals surface area contributed by atoms with Gasteiger partial charge in [-0.3, -0.25) is 4.79 Å². The number of benzene rings is 2. The van der Waals surface area contributed by atoms with Crippen LogP contribution in [0, 0.1) is 5.92 Å². The Morgan fingerprint density at radius 1 is 1.00 bits per heavy atom. The summed E-state index contributed by atoms with van der Waals surface area (Å²) in [5, 5.41) is 0. The van der Waals surface area contributed by atoms with E-state index in [0.29, 0.717) is 18.4 Å². The number of rotatable bonds is 4. The number of ether oxygens (including phenoxy) is 3. The van der Waals surface area contributed by atoms with Gasteiger partial charge in [0, 0.05) is 23.6 Å². The second kappa shape index (κ2) is 7.51. The van der Waals surface area contributed by atoms with Gasteiger partial charge in [-0.1, -0.05) is 30.3 Å². The van der Waals surface area contributed by atoms with E-state index in [1.165, 1.54) is 18.2 Å². The van der Waals surface area contributed by atoms with E-state index in [1.54, 1.807) is 4.90 Å².